The first-order chi connectivity index (χ1) is 13.8. The first-order valence-electron chi connectivity index (χ1n) is 9.14. The standard InChI is InChI=1S/C22H20N4O2/c27-21-10-2-1-3-13-28-19-9-4-6-16(14-19)20-11-12-23-22(26-20)25-18-8-5-7-17(15-18)24-21/h1,3-9,11-12,14-15H,2,10,13H2,(H,24,27)(H,23,25,26)/b3-1+. The van der Waals surface area contributed by atoms with Crippen molar-refractivity contribution in [2.45, 2.75) is 12.8 Å². The van der Waals surface area contributed by atoms with Crippen LogP contribution in [0.1, 0.15) is 12.8 Å². The van der Waals surface area contributed by atoms with Crippen LogP contribution in [-0.4, -0.2) is 22.5 Å². The number of allylic oxidation sites excluding steroid dienone is 1. The zero-order valence-electron chi connectivity index (χ0n) is 15.3. The van der Waals surface area contributed by atoms with Gasteiger partial charge in [0, 0.05) is 29.6 Å². The zero-order valence-corrected chi connectivity index (χ0v) is 15.3. The number of carbonyl (C=O) groups is 1. The van der Waals surface area contributed by atoms with Crippen LogP contribution in [-0.2, 0) is 4.79 Å². The molecule has 0 saturated carbocycles. The molecule has 2 aromatic carbocycles. The Bertz CT molecular complexity index is 1020. The molecule has 1 amide bonds. The van der Waals surface area contributed by atoms with Crippen LogP contribution in [0.25, 0.3) is 11.3 Å². The van der Waals surface area contributed by atoms with Crippen molar-refractivity contribution in [2.24, 2.45) is 0 Å². The van der Waals surface area contributed by atoms with Crippen molar-refractivity contribution in [3.8, 4) is 17.0 Å². The number of benzene rings is 2. The third kappa shape index (κ3) is 4.54. The van der Waals surface area contributed by atoms with Gasteiger partial charge in [0.15, 0.2) is 0 Å². The summed E-state index contributed by atoms with van der Waals surface area (Å²) in [6, 6.07) is 17.2. The molecule has 0 unspecified atom stereocenters. The van der Waals surface area contributed by atoms with Gasteiger partial charge in [-0.3, -0.25) is 4.79 Å². The lowest BCUT2D eigenvalue weighted by Crippen LogP contribution is -2.11. The van der Waals surface area contributed by atoms with E-state index < -0.39 is 0 Å². The Hall–Kier alpha value is -3.67. The van der Waals surface area contributed by atoms with E-state index in [-0.39, 0.29) is 5.91 Å². The third-order valence-electron chi connectivity index (χ3n) is 4.24. The fraction of sp³-hybridized carbons (Fsp3) is 0.136. The molecule has 6 heteroatoms. The fourth-order valence-corrected chi connectivity index (χ4v) is 2.90. The molecule has 2 N–H and O–H groups in total. The summed E-state index contributed by atoms with van der Waals surface area (Å²) >= 11 is 0. The minimum Gasteiger partial charge on any atom is -0.490 e. The van der Waals surface area contributed by atoms with Crippen molar-refractivity contribution in [3.05, 3.63) is 72.9 Å². The van der Waals surface area contributed by atoms with Crippen molar-refractivity contribution in [1.82, 2.24) is 9.97 Å². The molecule has 1 aliphatic rings. The van der Waals surface area contributed by atoms with E-state index in [2.05, 4.69) is 20.6 Å². The maximum atomic E-state index is 12.1. The molecule has 6 nitrogen and oxygen atoms in total. The van der Waals surface area contributed by atoms with Gasteiger partial charge in [-0.15, -0.1) is 0 Å². The molecule has 28 heavy (non-hydrogen) atoms. The molecule has 1 aromatic heterocycles. The average Bonchev–Trinajstić information content (AvgIpc) is 2.71. The van der Waals surface area contributed by atoms with Gasteiger partial charge < -0.3 is 15.4 Å². The van der Waals surface area contributed by atoms with E-state index in [1.165, 1.54) is 0 Å². The number of anilines is 3. The number of rotatable bonds is 0. The summed E-state index contributed by atoms with van der Waals surface area (Å²) < 4.78 is 5.78. The van der Waals surface area contributed by atoms with Gasteiger partial charge in [-0.2, -0.15) is 0 Å². The van der Waals surface area contributed by atoms with Crippen LogP contribution in [0, 0.1) is 0 Å². The summed E-state index contributed by atoms with van der Waals surface area (Å²) in [4.78, 5) is 21.0. The molecular weight excluding hydrogens is 352 g/mol. The summed E-state index contributed by atoms with van der Waals surface area (Å²) in [5.41, 5.74) is 3.28. The Morgan fingerprint density at radius 3 is 2.71 bits per heavy atom. The molecule has 2 heterocycles. The maximum absolute atomic E-state index is 12.1. The second-order valence-electron chi connectivity index (χ2n) is 6.37. The average molecular weight is 372 g/mol. The predicted molar refractivity (Wildman–Crippen MR) is 110 cm³/mol. The van der Waals surface area contributed by atoms with Gasteiger partial charge in [-0.05, 0) is 42.8 Å². The van der Waals surface area contributed by atoms with E-state index in [4.69, 9.17) is 4.74 Å². The van der Waals surface area contributed by atoms with E-state index >= 15 is 0 Å². The number of hydrogen-bond donors (Lipinski definition) is 2. The molecular formula is C22H20N4O2. The highest BCUT2D eigenvalue weighted by Crippen LogP contribution is 2.24. The molecule has 4 rings (SSSR count). The van der Waals surface area contributed by atoms with Crippen LogP contribution in [0.3, 0.4) is 0 Å². The van der Waals surface area contributed by atoms with Gasteiger partial charge in [-0.1, -0.05) is 30.4 Å². The highest BCUT2D eigenvalue weighted by molar-refractivity contribution is 5.91. The van der Waals surface area contributed by atoms with Crippen LogP contribution in [0.4, 0.5) is 17.3 Å². The highest BCUT2D eigenvalue weighted by atomic mass is 16.5. The van der Waals surface area contributed by atoms with Crippen molar-refractivity contribution >= 4 is 23.2 Å². The monoisotopic (exact) mass is 372 g/mol. The number of aromatic nitrogens is 2. The van der Waals surface area contributed by atoms with Crippen molar-refractivity contribution in [3.63, 3.8) is 0 Å². The van der Waals surface area contributed by atoms with Gasteiger partial charge in [0.25, 0.3) is 0 Å². The van der Waals surface area contributed by atoms with Crippen molar-refractivity contribution < 1.29 is 9.53 Å². The van der Waals surface area contributed by atoms with Crippen LogP contribution >= 0.6 is 0 Å². The molecule has 0 radical (unpaired) electrons. The molecule has 6 bridgehead atoms. The quantitative estimate of drug-likeness (QED) is 0.566. The van der Waals surface area contributed by atoms with E-state index in [0.717, 1.165) is 28.4 Å². The normalized spacial score (nSPS) is 15.2. The smallest absolute Gasteiger partial charge is 0.227 e. The summed E-state index contributed by atoms with van der Waals surface area (Å²) in [5, 5.41) is 6.11. The lowest BCUT2D eigenvalue weighted by atomic mass is 10.1. The molecule has 3 aromatic rings. The minimum atomic E-state index is -0.0326. The van der Waals surface area contributed by atoms with Crippen LogP contribution < -0.4 is 15.4 Å². The lowest BCUT2D eigenvalue weighted by molar-refractivity contribution is -0.116. The topological polar surface area (TPSA) is 76.1 Å². The van der Waals surface area contributed by atoms with Crippen LogP contribution in [0.15, 0.2) is 72.9 Å². The lowest BCUT2D eigenvalue weighted by Gasteiger charge is -2.10. The van der Waals surface area contributed by atoms with Gasteiger partial charge in [0.1, 0.15) is 12.4 Å². The summed E-state index contributed by atoms with van der Waals surface area (Å²) in [7, 11) is 0. The zero-order chi connectivity index (χ0) is 19.2. The Balaban J connectivity index is 1.68. The van der Waals surface area contributed by atoms with Gasteiger partial charge in [-0.25, -0.2) is 9.97 Å². The first kappa shape index (κ1) is 17.7. The minimum absolute atomic E-state index is 0.0326. The number of amides is 1. The molecule has 1 aliphatic heterocycles. The Kier molecular flexibility index (Phi) is 5.29. The molecule has 0 aliphatic carbocycles. The van der Waals surface area contributed by atoms with E-state index in [1.807, 2.05) is 66.7 Å². The Morgan fingerprint density at radius 2 is 1.79 bits per heavy atom. The highest BCUT2D eigenvalue weighted by Gasteiger charge is 2.06. The van der Waals surface area contributed by atoms with E-state index in [1.54, 1.807) is 6.20 Å². The number of carbonyl (C=O) groups excluding carboxylic acids is 1. The number of ether oxygens (including phenoxy) is 1. The summed E-state index contributed by atoms with van der Waals surface area (Å²) in [6.45, 7) is 0.448. The third-order valence-corrected chi connectivity index (χ3v) is 4.24. The van der Waals surface area contributed by atoms with Crippen molar-refractivity contribution in [2.75, 3.05) is 17.2 Å². The molecule has 0 spiro atoms. The van der Waals surface area contributed by atoms with Crippen LogP contribution in [0.5, 0.6) is 5.75 Å². The van der Waals surface area contributed by atoms with E-state index in [0.29, 0.717) is 25.4 Å². The first-order valence-corrected chi connectivity index (χ1v) is 9.14. The second-order valence-corrected chi connectivity index (χ2v) is 6.37. The van der Waals surface area contributed by atoms with Crippen molar-refractivity contribution in [1.29, 1.82) is 0 Å². The SMILES string of the molecule is O=C1CC/C=C/COc2cccc(c2)-c2ccnc(n2)Nc2cccc(c2)N1. The molecule has 0 fully saturated rings. The molecule has 0 atom stereocenters. The number of fused-ring (bicyclic) bond motifs is 7. The molecule has 0 saturated heterocycles. The Labute approximate surface area is 163 Å². The number of nitrogens with one attached hydrogen (secondary N) is 2. The van der Waals surface area contributed by atoms with E-state index in [9.17, 15) is 4.79 Å². The summed E-state index contributed by atoms with van der Waals surface area (Å²) in [5.74, 6) is 1.22. The number of hydrogen-bond acceptors (Lipinski definition) is 5. The number of nitrogens with zero attached hydrogens (tertiary/aromatic N) is 2. The fourth-order valence-electron chi connectivity index (χ4n) is 2.90. The summed E-state index contributed by atoms with van der Waals surface area (Å²) in [6.07, 6.45) is 6.67. The molecule has 140 valence electrons. The van der Waals surface area contributed by atoms with Gasteiger partial charge in [0.05, 0.1) is 5.69 Å². The van der Waals surface area contributed by atoms with Gasteiger partial charge in [0.2, 0.25) is 11.9 Å². The van der Waals surface area contributed by atoms with Gasteiger partial charge >= 0.3 is 0 Å². The largest absolute Gasteiger partial charge is 0.490 e. The Morgan fingerprint density at radius 1 is 0.929 bits per heavy atom. The predicted octanol–water partition coefficient (Wildman–Crippen LogP) is 4.55. The maximum Gasteiger partial charge on any atom is 0.227 e. The second kappa shape index (κ2) is 8.35. The van der Waals surface area contributed by atoms with Crippen LogP contribution in [0.2, 0.25) is 0 Å².